The highest BCUT2D eigenvalue weighted by atomic mass is 16.5. The van der Waals surface area contributed by atoms with Crippen LogP contribution >= 0.6 is 0 Å². The molecular weight excluding hydrogens is 432 g/mol. The third kappa shape index (κ3) is 6.31. The zero-order chi connectivity index (χ0) is 23.8. The van der Waals surface area contributed by atoms with Gasteiger partial charge in [-0.05, 0) is 49.1 Å². The lowest BCUT2D eigenvalue weighted by molar-refractivity contribution is -0.147. The van der Waals surface area contributed by atoms with Crippen LogP contribution in [-0.2, 0) is 20.7 Å². The fourth-order valence-corrected chi connectivity index (χ4v) is 3.99. The van der Waals surface area contributed by atoms with E-state index in [2.05, 4.69) is 15.7 Å². The Morgan fingerprint density at radius 1 is 1.00 bits per heavy atom. The van der Waals surface area contributed by atoms with Crippen molar-refractivity contribution >= 4 is 23.5 Å². The fraction of sp³-hybridized carbons (Fsp3) is 0.308. The van der Waals surface area contributed by atoms with Gasteiger partial charge in [-0.3, -0.25) is 14.4 Å². The van der Waals surface area contributed by atoms with E-state index in [1.165, 1.54) is 0 Å². The Balaban J connectivity index is 1.23. The molecule has 0 radical (unpaired) electrons. The van der Waals surface area contributed by atoms with Crippen molar-refractivity contribution in [3.63, 3.8) is 0 Å². The van der Waals surface area contributed by atoms with Gasteiger partial charge < -0.3 is 15.4 Å². The van der Waals surface area contributed by atoms with Gasteiger partial charge in [0.15, 0.2) is 6.61 Å². The monoisotopic (exact) mass is 460 g/mol. The molecule has 0 saturated heterocycles. The molecule has 0 unspecified atom stereocenters. The molecule has 1 saturated carbocycles. The molecule has 2 amide bonds. The van der Waals surface area contributed by atoms with E-state index in [9.17, 15) is 14.4 Å². The lowest BCUT2D eigenvalue weighted by Gasteiger charge is -2.15. The second-order valence-electron chi connectivity index (χ2n) is 8.34. The Morgan fingerprint density at radius 3 is 2.53 bits per heavy atom. The van der Waals surface area contributed by atoms with E-state index in [0.29, 0.717) is 17.7 Å². The quantitative estimate of drug-likeness (QED) is 0.475. The number of nitrogens with one attached hydrogen (secondary N) is 2. The summed E-state index contributed by atoms with van der Waals surface area (Å²) < 4.78 is 6.86. The van der Waals surface area contributed by atoms with Gasteiger partial charge in [-0.15, -0.1) is 0 Å². The van der Waals surface area contributed by atoms with Crippen LogP contribution < -0.4 is 10.6 Å². The van der Waals surface area contributed by atoms with Gasteiger partial charge in [0, 0.05) is 18.7 Å². The number of aryl methyl sites for hydroxylation is 1. The first-order chi connectivity index (χ1) is 16.6. The molecule has 0 aliphatic heterocycles. The number of carbonyl (C=O) groups excluding carboxylic acids is 3. The SMILES string of the molecule is O=C(COC(=O)CCc1cnn(-c2ccccc2)c1)Nc1ccccc1C(=O)NC1CCCC1. The zero-order valence-electron chi connectivity index (χ0n) is 18.9. The first-order valence-corrected chi connectivity index (χ1v) is 11.5. The number of aromatic nitrogens is 2. The number of esters is 1. The molecule has 176 valence electrons. The summed E-state index contributed by atoms with van der Waals surface area (Å²) in [5, 5.41) is 10.0. The number of ether oxygens (including phenoxy) is 1. The number of amides is 2. The van der Waals surface area contributed by atoms with Crippen molar-refractivity contribution in [2.24, 2.45) is 0 Å². The second-order valence-corrected chi connectivity index (χ2v) is 8.34. The van der Waals surface area contributed by atoms with E-state index in [0.717, 1.165) is 36.9 Å². The van der Waals surface area contributed by atoms with Crippen LogP contribution in [0.25, 0.3) is 5.69 Å². The summed E-state index contributed by atoms with van der Waals surface area (Å²) in [6.07, 6.45) is 8.34. The van der Waals surface area contributed by atoms with Crippen molar-refractivity contribution in [2.75, 3.05) is 11.9 Å². The summed E-state index contributed by atoms with van der Waals surface area (Å²) in [6, 6.07) is 16.7. The minimum absolute atomic E-state index is 0.133. The van der Waals surface area contributed by atoms with Crippen LogP contribution in [0.2, 0.25) is 0 Å². The van der Waals surface area contributed by atoms with E-state index < -0.39 is 18.5 Å². The molecule has 2 N–H and O–H groups in total. The highest BCUT2D eigenvalue weighted by Crippen LogP contribution is 2.20. The molecule has 1 aliphatic rings. The number of benzene rings is 2. The molecule has 3 aromatic rings. The maximum atomic E-state index is 12.6. The van der Waals surface area contributed by atoms with E-state index in [1.807, 2.05) is 36.5 Å². The molecule has 0 atom stereocenters. The van der Waals surface area contributed by atoms with Crippen molar-refractivity contribution in [3.05, 3.63) is 78.1 Å². The number of rotatable bonds is 9. The van der Waals surface area contributed by atoms with Gasteiger partial charge in [0.25, 0.3) is 11.8 Å². The molecule has 0 spiro atoms. The lowest BCUT2D eigenvalue weighted by atomic mass is 10.1. The molecule has 1 heterocycles. The Labute approximate surface area is 198 Å². The van der Waals surface area contributed by atoms with Crippen LogP contribution in [0.4, 0.5) is 5.69 Å². The van der Waals surface area contributed by atoms with Gasteiger partial charge >= 0.3 is 5.97 Å². The number of para-hydroxylation sites is 2. The maximum absolute atomic E-state index is 12.6. The number of carbonyl (C=O) groups is 3. The highest BCUT2D eigenvalue weighted by Gasteiger charge is 2.20. The number of anilines is 1. The first kappa shape index (κ1) is 23.2. The molecular formula is C26H28N4O4. The lowest BCUT2D eigenvalue weighted by Crippen LogP contribution is -2.33. The molecule has 1 aliphatic carbocycles. The average Bonchev–Trinajstić information content (AvgIpc) is 3.55. The number of hydrogen-bond acceptors (Lipinski definition) is 5. The topological polar surface area (TPSA) is 102 Å². The van der Waals surface area contributed by atoms with Crippen molar-refractivity contribution in [3.8, 4) is 5.69 Å². The molecule has 4 rings (SSSR count). The minimum atomic E-state index is -0.494. The second kappa shape index (κ2) is 11.3. The van der Waals surface area contributed by atoms with Crippen LogP contribution in [0.1, 0.15) is 48.0 Å². The van der Waals surface area contributed by atoms with E-state index >= 15 is 0 Å². The maximum Gasteiger partial charge on any atom is 0.306 e. The Morgan fingerprint density at radius 2 is 1.74 bits per heavy atom. The van der Waals surface area contributed by atoms with Gasteiger partial charge in [-0.1, -0.05) is 43.2 Å². The van der Waals surface area contributed by atoms with Crippen LogP contribution in [0.5, 0.6) is 0 Å². The predicted molar refractivity (Wildman–Crippen MR) is 128 cm³/mol. The highest BCUT2D eigenvalue weighted by molar-refractivity contribution is 6.04. The van der Waals surface area contributed by atoms with Crippen molar-refractivity contribution in [1.29, 1.82) is 0 Å². The van der Waals surface area contributed by atoms with E-state index in [1.54, 1.807) is 35.1 Å². The van der Waals surface area contributed by atoms with Crippen molar-refractivity contribution in [2.45, 2.75) is 44.6 Å². The Hall–Kier alpha value is -3.94. The van der Waals surface area contributed by atoms with Gasteiger partial charge in [0.05, 0.1) is 23.1 Å². The molecule has 8 heteroatoms. The Kier molecular flexibility index (Phi) is 7.70. The minimum Gasteiger partial charge on any atom is -0.456 e. The van der Waals surface area contributed by atoms with Crippen LogP contribution in [-0.4, -0.2) is 40.2 Å². The van der Waals surface area contributed by atoms with Crippen LogP contribution in [0, 0.1) is 0 Å². The largest absolute Gasteiger partial charge is 0.456 e. The summed E-state index contributed by atoms with van der Waals surface area (Å²) in [6.45, 7) is -0.416. The van der Waals surface area contributed by atoms with Crippen LogP contribution in [0.15, 0.2) is 67.0 Å². The summed E-state index contributed by atoms with van der Waals surface area (Å²) >= 11 is 0. The van der Waals surface area contributed by atoms with Crippen molar-refractivity contribution < 1.29 is 19.1 Å². The Bertz CT molecular complexity index is 1140. The normalized spacial score (nSPS) is 13.4. The smallest absolute Gasteiger partial charge is 0.306 e. The molecule has 1 fully saturated rings. The van der Waals surface area contributed by atoms with E-state index in [4.69, 9.17) is 4.74 Å². The van der Waals surface area contributed by atoms with Crippen molar-refractivity contribution in [1.82, 2.24) is 15.1 Å². The first-order valence-electron chi connectivity index (χ1n) is 11.5. The zero-order valence-corrected chi connectivity index (χ0v) is 18.9. The summed E-state index contributed by atoms with van der Waals surface area (Å²) in [4.78, 5) is 37.1. The van der Waals surface area contributed by atoms with Gasteiger partial charge in [-0.25, -0.2) is 4.68 Å². The predicted octanol–water partition coefficient (Wildman–Crippen LogP) is 3.66. The number of hydrogen-bond donors (Lipinski definition) is 2. The van der Waals surface area contributed by atoms with E-state index in [-0.39, 0.29) is 18.4 Å². The molecule has 2 aromatic carbocycles. The average molecular weight is 461 g/mol. The standard InChI is InChI=1S/C26H28N4O4/c31-24(29-23-13-7-6-12-22(23)26(33)28-20-8-4-5-9-20)18-34-25(32)15-14-19-16-27-30(17-19)21-10-2-1-3-11-21/h1-3,6-7,10-13,16-17,20H,4-5,8-9,14-15,18H2,(H,28,33)(H,29,31). The molecule has 0 bridgehead atoms. The summed E-state index contributed by atoms with van der Waals surface area (Å²) in [7, 11) is 0. The molecule has 34 heavy (non-hydrogen) atoms. The summed E-state index contributed by atoms with van der Waals surface area (Å²) in [5.74, 6) is -1.18. The molecule has 1 aromatic heterocycles. The number of nitrogens with zero attached hydrogens (tertiary/aromatic N) is 2. The fourth-order valence-electron chi connectivity index (χ4n) is 3.99. The van der Waals surface area contributed by atoms with Gasteiger partial charge in [0.2, 0.25) is 0 Å². The summed E-state index contributed by atoms with van der Waals surface area (Å²) in [5.41, 5.74) is 2.62. The molecule has 8 nitrogen and oxygen atoms in total. The third-order valence-corrected chi connectivity index (χ3v) is 5.78. The van der Waals surface area contributed by atoms with Gasteiger partial charge in [-0.2, -0.15) is 5.10 Å². The van der Waals surface area contributed by atoms with Crippen LogP contribution in [0.3, 0.4) is 0 Å². The third-order valence-electron chi connectivity index (χ3n) is 5.78. The van der Waals surface area contributed by atoms with Gasteiger partial charge in [0.1, 0.15) is 0 Å².